The Kier molecular flexibility index (Phi) is 5.90. The van der Waals surface area contributed by atoms with Crippen LogP contribution < -0.4 is 14.8 Å². The Balaban J connectivity index is 2.11. The molecule has 0 saturated heterocycles. The van der Waals surface area contributed by atoms with Crippen LogP contribution in [0.25, 0.3) is 10.8 Å². The van der Waals surface area contributed by atoms with Crippen LogP contribution in [0.3, 0.4) is 0 Å². The first-order valence-corrected chi connectivity index (χ1v) is 8.57. The zero-order valence-electron chi connectivity index (χ0n) is 15.8. The van der Waals surface area contributed by atoms with Gasteiger partial charge in [0, 0.05) is 5.39 Å². The van der Waals surface area contributed by atoms with E-state index in [1.165, 1.54) is 14.2 Å². The molecule has 8 nitrogen and oxygen atoms in total. The van der Waals surface area contributed by atoms with E-state index in [1.807, 2.05) is 24.3 Å². The smallest absolute Gasteiger partial charge is 0.325 e. The van der Waals surface area contributed by atoms with Gasteiger partial charge in [-0.15, -0.1) is 0 Å². The molecule has 0 bridgehead atoms. The molecule has 2 aromatic carbocycles. The number of para-hydroxylation sites is 1. The molecule has 0 spiro atoms. The van der Waals surface area contributed by atoms with E-state index in [-0.39, 0.29) is 23.7 Å². The molecule has 1 aromatic heterocycles. The Bertz CT molecular complexity index is 1110. The van der Waals surface area contributed by atoms with Crippen molar-refractivity contribution in [2.75, 3.05) is 20.8 Å². The maximum atomic E-state index is 12.5. The van der Waals surface area contributed by atoms with Gasteiger partial charge in [0.1, 0.15) is 24.1 Å². The van der Waals surface area contributed by atoms with Gasteiger partial charge in [-0.3, -0.25) is 9.59 Å². The van der Waals surface area contributed by atoms with Gasteiger partial charge in [-0.05, 0) is 18.2 Å². The molecule has 0 unspecified atom stereocenters. The van der Waals surface area contributed by atoms with Crippen molar-refractivity contribution in [1.82, 2.24) is 10.3 Å². The minimum Gasteiger partial charge on any atom is -0.494 e. The summed E-state index contributed by atoms with van der Waals surface area (Å²) in [5.41, 5.74) is -0.118. The van der Waals surface area contributed by atoms with Gasteiger partial charge in [-0.2, -0.15) is 5.26 Å². The lowest BCUT2D eigenvalue weighted by Gasteiger charge is -2.15. The van der Waals surface area contributed by atoms with Gasteiger partial charge in [-0.1, -0.05) is 30.3 Å². The van der Waals surface area contributed by atoms with Gasteiger partial charge in [0.2, 0.25) is 0 Å². The van der Waals surface area contributed by atoms with Crippen LogP contribution in [0.1, 0.15) is 16.2 Å². The Morgan fingerprint density at radius 3 is 2.52 bits per heavy atom. The zero-order chi connectivity index (χ0) is 20.8. The number of nitrogens with zero attached hydrogens (tertiary/aromatic N) is 2. The fourth-order valence-electron chi connectivity index (χ4n) is 2.76. The predicted molar refractivity (Wildman–Crippen MR) is 104 cm³/mol. The monoisotopic (exact) mass is 391 g/mol. The maximum absolute atomic E-state index is 12.5. The van der Waals surface area contributed by atoms with Crippen LogP contribution in [0.5, 0.6) is 17.2 Å². The fraction of sp³-hybridized carbons (Fsp3) is 0.143. The number of benzene rings is 2. The molecular formula is C21H17N3O5. The largest absolute Gasteiger partial charge is 0.494 e. The number of ether oxygens (including phenoxy) is 3. The Labute approximate surface area is 166 Å². The highest BCUT2D eigenvalue weighted by Gasteiger charge is 2.23. The van der Waals surface area contributed by atoms with E-state index in [9.17, 15) is 14.9 Å². The quantitative estimate of drug-likeness (QED) is 0.643. The van der Waals surface area contributed by atoms with Crippen molar-refractivity contribution in [3.8, 4) is 23.3 Å². The summed E-state index contributed by atoms with van der Waals surface area (Å²) in [6.45, 7) is -0.336. The molecule has 146 valence electrons. The number of pyridine rings is 1. The number of hydrogen-bond acceptors (Lipinski definition) is 7. The highest BCUT2D eigenvalue weighted by atomic mass is 16.5. The number of hydrogen-bond donors (Lipinski definition) is 1. The summed E-state index contributed by atoms with van der Waals surface area (Å²) in [5, 5.41) is 12.9. The molecule has 0 aliphatic heterocycles. The van der Waals surface area contributed by atoms with Crippen LogP contribution in [-0.4, -0.2) is 37.6 Å². The highest BCUT2D eigenvalue weighted by molar-refractivity contribution is 6.05. The zero-order valence-corrected chi connectivity index (χ0v) is 15.8. The number of methoxy groups -OCH3 is 2. The number of nitriles is 1. The maximum Gasteiger partial charge on any atom is 0.325 e. The van der Waals surface area contributed by atoms with Gasteiger partial charge >= 0.3 is 5.97 Å². The SMILES string of the molecule is COC(=O)CNC(=O)c1nc(C#N)c2c(Oc3ccccc3)cccc2c1OC. The van der Waals surface area contributed by atoms with Gasteiger partial charge in [0.25, 0.3) is 5.91 Å². The first kappa shape index (κ1) is 19.6. The lowest BCUT2D eigenvalue weighted by molar-refractivity contribution is -0.139. The molecule has 0 radical (unpaired) electrons. The normalized spacial score (nSPS) is 10.1. The molecule has 3 aromatic rings. The number of rotatable bonds is 6. The van der Waals surface area contributed by atoms with Crippen LogP contribution in [0, 0.1) is 11.3 Å². The Hall–Kier alpha value is -4.12. The Morgan fingerprint density at radius 1 is 1.10 bits per heavy atom. The second-order valence-electron chi connectivity index (χ2n) is 5.81. The van der Waals surface area contributed by atoms with Gasteiger partial charge in [0.15, 0.2) is 17.1 Å². The third kappa shape index (κ3) is 4.09. The number of aromatic nitrogens is 1. The second-order valence-corrected chi connectivity index (χ2v) is 5.81. The molecule has 0 atom stereocenters. The summed E-state index contributed by atoms with van der Waals surface area (Å²) in [4.78, 5) is 28.0. The summed E-state index contributed by atoms with van der Waals surface area (Å²) >= 11 is 0. The number of nitrogens with one attached hydrogen (secondary N) is 1. The molecule has 3 rings (SSSR count). The number of amides is 1. The van der Waals surface area contributed by atoms with E-state index in [0.717, 1.165) is 0 Å². The van der Waals surface area contributed by atoms with Crippen molar-refractivity contribution in [2.45, 2.75) is 0 Å². The van der Waals surface area contributed by atoms with E-state index < -0.39 is 11.9 Å². The lowest BCUT2D eigenvalue weighted by Crippen LogP contribution is -2.31. The van der Waals surface area contributed by atoms with E-state index in [1.54, 1.807) is 30.3 Å². The highest BCUT2D eigenvalue weighted by Crippen LogP contribution is 2.37. The van der Waals surface area contributed by atoms with Crippen LogP contribution in [0.15, 0.2) is 48.5 Å². The average Bonchev–Trinajstić information content (AvgIpc) is 2.76. The van der Waals surface area contributed by atoms with Crippen molar-refractivity contribution < 1.29 is 23.8 Å². The average molecular weight is 391 g/mol. The van der Waals surface area contributed by atoms with Crippen LogP contribution >= 0.6 is 0 Å². The van der Waals surface area contributed by atoms with Crippen molar-refractivity contribution in [3.63, 3.8) is 0 Å². The van der Waals surface area contributed by atoms with E-state index in [2.05, 4.69) is 15.0 Å². The molecule has 1 heterocycles. The van der Waals surface area contributed by atoms with E-state index in [0.29, 0.717) is 22.3 Å². The van der Waals surface area contributed by atoms with Crippen LogP contribution in [-0.2, 0) is 9.53 Å². The fourth-order valence-corrected chi connectivity index (χ4v) is 2.76. The van der Waals surface area contributed by atoms with Crippen molar-refractivity contribution in [3.05, 3.63) is 59.9 Å². The topological polar surface area (TPSA) is 111 Å². The second kappa shape index (κ2) is 8.71. The molecule has 0 saturated carbocycles. The van der Waals surface area contributed by atoms with E-state index in [4.69, 9.17) is 9.47 Å². The summed E-state index contributed by atoms with van der Waals surface area (Å²) < 4.78 is 15.8. The molecular weight excluding hydrogens is 374 g/mol. The van der Waals surface area contributed by atoms with Crippen molar-refractivity contribution in [2.24, 2.45) is 0 Å². The van der Waals surface area contributed by atoms with Gasteiger partial charge in [-0.25, -0.2) is 4.98 Å². The number of esters is 1. The summed E-state index contributed by atoms with van der Waals surface area (Å²) in [6.07, 6.45) is 0. The molecule has 8 heteroatoms. The standard InChI is InChI=1S/C21H17N3O5/c1-27-17(25)12-23-21(26)19-20(28-2)14-9-6-10-16(18(14)15(11-22)24-19)29-13-7-4-3-5-8-13/h3-10H,12H2,1-2H3,(H,23,26). The lowest BCUT2D eigenvalue weighted by atomic mass is 10.1. The molecule has 0 aliphatic carbocycles. The minimum atomic E-state index is -0.667. The third-order valence-electron chi connectivity index (χ3n) is 4.06. The predicted octanol–water partition coefficient (Wildman–Crippen LogP) is 2.81. The molecule has 0 aliphatic rings. The molecule has 1 N–H and O–H groups in total. The number of carbonyl (C=O) groups excluding carboxylic acids is 2. The van der Waals surface area contributed by atoms with Gasteiger partial charge in [0.05, 0.1) is 19.6 Å². The molecule has 0 fully saturated rings. The minimum absolute atomic E-state index is 0.00412. The molecule has 29 heavy (non-hydrogen) atoms. The van der Waals surface area contributed by atoms with Gasteiger partial charge < -0.3 is 19.5 Å². The summed E-state index contributed by atoms with van der Waals surface area (Å²) in [7, 11) is 2.61. The number of fused-ring (bicyclic) bond motifs is 1. The number of carbonyl (C=O) groups is 2. The van der Waals surface area contributed by atoms with Crippen molar-refractivity contribution >= 4 is 22.6 Å². The van der Waals surface area contributed by atoms with Crippen LogP contribution in [0.2, 0.25) is 0 Å². The summed E-state index contributed by atoms with van der Waals surface area (Å²) in [5.74, 6) is -0.127. The van der Waals surface area contributed by atoms with E-state index >= 15 is 0 Å². The first-order valence-electron chi connectivity index (χ1n) is 8.57. The Morgan fingerprint density at radius 2 is 1.86 bits per heavy atom. The third-order valence-corrected chi connectivity index (χ3v) is 4.06. The van der Waals surface area contributed by atoms with Crippen LogP contribution in [0.4, 0.5) is 0 Å². The first-order chi connectivity index (χ1) is 14.1. The summed E-state index contributed by atoms with van der Waals surface area (Å²) in [6, 6.07) is 16.2. The molecule has 1 amide bonds. The van der Waals surface area contributed by atoms with Crippen molar-refractivity contribution in [1.29, 1.82) is 5.26 Å².